The number of aryl methyl sites for hydroxylation is 1. The Morgan fingerprint density at radius 3 is 2.64 bits per heavy atom. The lowest BCUT2D eigenvalue weighted by Gasteiger charge is -2.38. The van der Waals surface area contributed by atoms with Crippen LogP contribution in [0.2, 0.25) is 0 Å². The third kappa shape index (κ3) is 4.05. The molecule has 0 saturated carbocycles. The molecule has 1 saturated heterocycles. The van der Waals surface area contributed by atoms with E-state index in [-0.39, 0.29) is 12.1 Å². The number of piperidine rings is 1. The SMILES string of the molecule is CCc1ccc(C2CC(CC)CCN2C(=O)OC(C)(C)C)o1. The molecule has 4 heteroatoms. The second-order valence-electron chi connectivity index (χ2n) is 7.15. The van der Waals surface area contributed by atoms with Crippen LogP contribution in [0.25, 0.3) is 0 Å². The maximum Gasteiger partial charge on any atom is 0.410 e. The number of ether oxygens (including phenoxy) is 1. The van der Waals surface area contributed by atoms with Crippen molar-refractivity contribution in [1.29, 1.82) is 0 Å². The Morgan fingerprint density at radius 1 is 1.36 bits per heavy atom. The van der Waals surface area contributed by atoms with Gasteiger partial charge < -0.3 is 9.15 Å². The van der Waals surface area contributed by atoms with Crippen LogP contribution in [0.4, 0.5) is 4.79 Å². The minimum atomic E-state index is -0.471. The Labute approximate surface area is 133 Å². The van der Waals surface area contributed by atoms with Crippen molar-refractivity contribution in [3.8, 4) is 0 Å². The molecule has 4 nitrogen and oxygen atoms in total. The number of carbonyl (C=O) groups excluding carboxylic acids is 1. The molecule has 124 valence electrons. The zero-order valence-electron chi connectivity index (χ0n) is 14.5. The normalized spacial score (nSPS) is 22.7. The molecule has 1 aliphatic rings. The lowest BCUT2D eigenvalue weighted by molar-refractivity contribution is 0.000662. The smallest absolute Gasteiger partial charge is 0.410 e. The first-order valence-electron chi connectivity index (χ1n) is 8.42. The quantitative estimate of drug-likeness (QED) is 0.794. The van der Waals surface area contributed by atoms with E-state index in [0.717, 1.165) is 43.7 Å². The number of hydrogen-bond acceptors (Lipinski definition) is 3. The molecule has 1 aromatic heterocycles. The molecule has 0 aromatic carbocycles. The largest absolute Gasteiger partial charge is 0.464 e. The Bertz CT molecular complexity index is 501. The maximum absolute atomic E-state index is 12.5. The topological polar surface area (TPSA) is 42.7 Å². The van der Waals surface area contributed by atoms with E-state index in [0.29, 0.717) is 5.92 Å². The van der Waals surface area contributed by atoms with Gasteiger partial charge in [0.15, 0.2) is 0 Å². The number of likely N-dealkylation sites (tertiary alicyclic amines) is 1. The van der Waals surface area contributed by atoms with Gasteiger partial charge in [-0.3, -0.25) is 4.90 Å². The number of furan rings is 1. The van der Waals surface area contributed by atoms with Gasteiger partial charge in [-0.1, -0.05) is 20.3 Å². The summed E-state index contributed by atoms with van der Waals surface area (Å²) in [5.41, 5.74) is -0.471. The second-order valence-corrected chi connectivity index (χ2v) is 7.15. The van der Waals surface area contributed by atoms with E-state index in [2.05, 4.69) is 13.8 Å². The molecule has 1 amide bonds. The van der Waals surface area contributed by atoms with Crippen molar-refractivity contribution in [3.63, 3.8) is 0 Å². The van der Waals surface area contributed by atoms with E-state index >= 15 is 0 Å². The summed E-state index contributed by atoms with van der Waals surface area (Å²) in [6.45, 7) is 10.7. The van der Waals surface area contributed by atoms with Gasteiger partial charge in [0, 0.05) is 13.0 Å². The van der Waals surface area contributed by atoms with Crippen LogP contribution in [-0.2, 0) is 11.2 Å². The van der Waals surface area contributed by atoms with Crippen molar-refractivity contribution in [3.05, 3.63) is 23.7 Å². The van der Waals surface area contributed by atoms with Gasteiger partial charge in [0.25, 0.3) is 0 Å². The number of hydrogen-bond donors (Lipinski definition) is 0. The third-order valence-corrected chi connectivity index (χ3v) is 4.28. The van der Waals surface area contributed by atoms with Gasteiger partial charge in [0.1, 0.15) is 17.1 Å². The summed E-state index contributed by atoms with van der Waals surface area (Å²) < 4.78 is 11.5. The number of carbonyl (C=O) groups is 1. The van der Waals surface area contributed by atoms with Crippen molar-refractivity contribution >= 4 is 6.09 Å². The molecule has 1 aliphatic heterocycles. The first kappa shape index (κ1) is 16.9. The second kappa shape index (κ2) is 6.76. The molecule has 0 aliphatic carbocycles. The molecule has 2 atom stereocenters. The van der Waals surface area contributed by atoms with Gasteiger partial charge in [-0.2, -0.15) is 0 Å². The Hall–Kier alpha value is -1.45. The fraction of sp³-hybridized carbons (Fsp3) is 0.722. The van der Waals surface area contributed by atoms with Crippen molar-refractivity contribution in [1.82, 2.24) is 4.90 Å². The van der Waals surface area contributed by atoms with Crippen LogP contribution in [0, 0.1) is 5.92 Å². The average molecular weight is 307 g/mol. The molecular formula is C18H29NO3. The zero-order chi connectivity index (χ0) is 16.3. The third-order valence-electron chi connectivity index (χ3n) is 4.28. The molecule has 0 spiro atoms. The van der Waals surface area contributed by atoms with Crippen molar-refractivity contribution in [2.75, 3.05) is 6.54 Å². The van der Waals surface area contributed by atoms with Gasteiger partial charge in [0.05, 0.1) is 6.04 Å². The van der Waals surface area contributed by atoms with Crippen LogP contribution in [0.3, 0.4) is 0 Å². The Balaban J connectivity index is 2.20. The molecule has 2 unspecified atom stereocenters. The highest BCUT2D eigenvalue weighted by molar-refractivity contribution is 5.69. The van der Waals surface area contributed by atoms with Gasteiger partial charge in [-0.15, -0.1) is 0 Å². The van der Waals surface area contributed by atoms with Crippen LogP contribution in [0.1, 0.15) is 71.4 Å². The molecule has 1 fully saturated rings. The highest BCUT2D eigenvalue weighted by Crippen LogP contribution is 2.37. The van der Waals surface area contributed by atoms with E-state index in [1.165, 1.54) is 0 Å². The van der Waals surface area contributed by atoms with E-state index in [4.69, 9.17) is 9.15 Å². The van der Waals surface area contributed by atoms with Crippen LogP contribution < -0.4 is 0 Å². The van der Waals surface area contributed by atoms with E-state index in [1.807, 2.05) is 37.8 Å². The van der Waals surface area contributed by atoms with Gasteiger partial charge in [-0.25, -0.2) is 4.79 Å². The van der Waals surface area contributed by atoms with Crippen LogP contribution in [-0.4, -0.2) is 23.1 Å². The van der Waals surface area contributed by atoms with Crippen LogP contribution >= 0.6 is 0 Å². The van der Waals surface area contributed by atoms with E-state index in [9.17, 15) is 4.79 Å². The van der Waals surface area contributed by atoms with Crippen molar-refractivity contribution in [2.45, 2.75) is 71.9 Å². The predicted molar refractivity (Wildman–Crippen MR) is 86.8 cm³/mol. The molecule has 22 heavy (non-hydrogen) atoms. The number of nitrogens with zero attached hydrogens (tertiary/aromatic N) is 1. The predicted octanol–water partition coefficient (Wildman–Crippen LogP) is 4.94. The zero-order valence-corrected chi connectivity index (χ0v) is 14.5. The van der Waals surface area contributed by atoms with Crippen LogP contribution in [0.15, 0.2) is 16.5 Å². The molecule has 0 radical (unpaired) electrons. The minimum Gasteiger partial charge on any atom is -0.464 e. The van der Waals surface area contributed by atoms with Gasteiger partial charge in [0.2, 0.25) is 0 Å². The molecule has 2 rings (SSSR count). The van der Waals surface area contributed by atoms with Crippen LogP contribution in [0.5, 0.6) is 0 Å². The summed E-state index contributed by atoms with van der Waals surface area (Å²) in [6.07, 6.45) is 3.76. The summed E-state index contributed by atoms with van der Waals surface area (Å²) >= 11 is 0. The first-order valence-corrected chi connectivity index (χ1v) is 8.42. The first-order chi connectivity index (χ1) is 10.3. The van der Waals surface area contributed by atoms with E-state index < -0.39 is 5.60 Å². The lowest BCUT2D eigenvalue weighted by Crippen LogP contribution is -2.43. The standard InChI is InChI=1S/C18H29NO3/c1-6-13-10-11-19(17(20)22-18(3,4)5)15(12-13)16-9-8-14(7-2)21-16/h8-9,13,15H,6-7,10-12H2,1-5H3. The molecule has 1 aromatic rings. The van der Waals surface area contributed by atoms with E-state index in [1.54, 1.807) is 0 Å². The van der Waals surface area contributed by atoms with Crippen molar-refractivity contribution < 1.29 is 13.9 Å². The van der Waals surface area contributed by atoms with Gasteiger partial charge in [-0.05, 0) is 51.7 Å². The van der Waals surface area contributed by atoms with Crippen molar-refractivity contribution in [2.24, 2.45) is 5.92 Å². The number of rotatable bonds is 3. The monoisotopic (exact) mass is 307 g/mol. The fourth-order valence-corrected chi connectivity index (χ4v) is 2.98. The summed E-state index contributed by atoms with van der Waals surface area (Å²) in [5, 5.41) is 0. The highest BCUT2D eigenvalue weighted by Gasteiger charge is 2.36. The highest BCUT2D eigenvalue weighted by atomic mass is 16.6. The average Bonchev–Trinajstić information content (AvgIpc) is 2.93. The minimum absolute atomic E-state index is 0.00569. The summed E-state index contributed by atoms with van der Waals surface area (Å²) in [5.74, 6) is 2.50. The summed E-state index contributed by atoms with van der Waals surface area (Å²) in [4.78, 5) is 14.4. The molecule has 0 bridgehead atoms. The summed E-state index contributed by atoms with van der Waals surface area (Å²) in [6, 6.07) is 4.02. The van der Waals surface area contributed by atoms with Gasteiger partial charge >= 0.3 is 6.09 Å². The molecule has 2 heterocycles. The lowest BCUT2D eigenvalue weighted by atomic mass is 9.88. The molecular weight excluding hydrogens is 278 g/mol. The fourth-order valence-electron chi connectivity index (χ4n) is 2.98. The number of amides is 1. The Morgan fingerprint density at radius 2 is 2.09 bits per heavy atom. The Kier molecular flexibility index (Phi) is 5.20. The maximum atomic E-state index is 12.5. The summed E-state index contributed by atoms with van der Waals surface area (Å²) in [7, 11) is 0. The molecule has 0 N–H and O–H groups in total.